The molecule has 5 heteroatoms. The fourth-order valence-corrected chi connectivity index (χ4v) is 1.73. The summed E-state index contributed by atoms with van der Waals surface area (Å²) in [6.07, 6.45) is -0.00428. The van der Waals surface area contributed by atoms with Gasteiger partial charge in [-0.25, -0.2) is 0 Å². The molecule has 0 heterocycles. The molecule has 1 unspecified atom stereocenters. The Morgan fingerprint density at radius 1 is 1.33 bits per heavy atom. The van der Waals surface area contributed by atoms with Crippen molar-refractivity contribution in [2.24, 2.45) is 5.92 Å². The highest BCUT2D eigenvalue weighted by atomic mass is 16.6. The van der Waals surface area contributed by atoms with Crippen LogP contribution in [0.4, 0.5) is 5.69 Å². The van der Waals surface area contributed by atoms with Crippen molar-refractivity contribution in [3.8, 4) is 5.75 Å². The van der Waals surface area contributed by atoms with E-state index in [0.717, 1.165) is 5.56 Å². The van der Waals surface area contributed by atoms with Crippen molar-refractivity contribution < 1.29 is 19.4 Å². The highest BCUT2D eigenvalue weighted by Crippen LogP contribution is 2.24. The van der Waals surface area contributed by atoms with E-state index in [9.17, 15) is 14.7 Å². The lowest BCUT2D eigenvalue weighted by Gasteiger charge is -2.20. The molecule has 1 rings (SSSR count). The van der Waals surface area contributed by atoms with Crippen molar-refractivity contribution >= 4 is 17.6 Å². The summed E-state index contributed by atoms with van der Waals surface area (Å²) in [4.78, 5) is 23.7. The minimum atomic E-state index is -0.567. The number of hydrogen-bond acceptors (Lipinski definition) is 4. The van der Waals surface area contributed by atoms with Crippen LogP contribution in [0.5, 0.6) is 5.75 Å². The first-order chi connectivity index (χ1) is 9.58. The van der Waals surface area contributed by atoms with E-state index >= 15 is 0 Å². The van der Waals surface area contributed by atoms with E-state index in [1.165, 1.54) is 6.07 Å². The molecule has 0 aliphatic heterocycles. The number of phenols is 1. The first-order valence-corrected chi connectivity index (χ1v) is 6.91. The smallest absolute Gasteiger partial charge is 0.307 e. The van der Waals surface area contributed by atoms with Crippen molar-refractivity contribution in [1.82, 2.24) is 0 Å². The van der Waals surface area contributed by atoms with E-state index < -0.39 is 17.5 Å². The number of phenolic OH excluding ortho intramolecular Hbond substituents is 1. The average molecular weight is 293 g/mol. The molecule has 1 aromatic rings. The normalized spacial score (nSPS) is 12.6. The molecule has 1 aromatic carbocycles. The lowest BCUT2D eigenvalue weighted by molar-refractivity contribution is -0.156. The monoisotopic (exact) mass is 293 g/mol. The average Bonchev–Trinajstić information content (AvgIpc) is 2.31. The Hall–Kier alpha value is -2.04. The third kappa shape index (κ3) is 5.85. The molecule has 1 atom stereocenters. The molecule has 0 spiro atoms. The van der Waals surface area contributed by atoms with E-state index in [-0.39, 0.29) is 18.1 Å². The highest BCUT2D eigenvalue weighted by molar-refractivity contribution is 5.95. The summed E-state index contributed by atoms with van der Waals surface area (Å²) in [6, 6.07) is 4.94. The van der Waals surface area contributed by atoms with Crippen LogP contribution in [-0.2, 0) is 14.3 Å². The summed E-state index contributed by atoms with van der Waals surface area (Å²) >= 11 is 0. The van der Waals surface area contributed by atoms with Crippen molar-refractivity contribution in [2.45, 2.75) is 46.6 Å². The lowest BCUT2D eigenvalue weighted by Crippen LogP contribution is -2.28. The first-order valence-electron chi connectivity index (χ1n) is 6.91. The summed E-state index contributed by atoms with van der Waals surface area (Å²) < 4.78 is 5.18. The number of carbonyl (C=O) groups is 2. The van der Waals surface area contributed by atoms with E-state index in [2.05, 4.69) is 5.32 Å². The van der Waals surface area contributed by atoms with Crippen LogP contribution in [0.1, 0.15) is 39.7 Å². The van der Waals surface area contributed by atoms with Crippen molar-refractivity contribution in [2.75, 3.05) is 5.32 Å². The topological polar surface area (TPSA) is 75.6 Å². The van der Waals surface area contributed by atoms with E-state index in [0.29, 0.717) is 5.69 Å². The molecule has 0 bridgehead atoms. The second-order valence-corrected chi connectivity index (χ2v) is 6.20. The van der Waals surface area contributed by atoms with Crippen molar-refractivity contribution in [3.05, 3.63) is 23.8 Å². The molecule has 0 radical (unpaired) electrons. The zero-order chi connectivity index (χ0) is 16.2. The number of anilines is 1. The second-order valence-electron chi connectivity index (χ2n) is 6.20. The molecule has 5 nitrogen and oxygen atoms in total. The Bertz CT molecular complexity index is 532. The van der Waals surface area contributed by atoms with Gasteiger partial charge >= 0.3 is 5.97 Å². The molecule has 2 N–H and O–H groups in total. The van der Waals surface area contributed by atoms with Crippen LogP contribution in [0.15, 0.2) is 18.2 Å². The van der Waals surface area contributed by atoms with Gasteiger partial charge in [-0.2, -0.15) is 0 Å². The molecule has 1 amide bonds. The molecule has 0 saturated carbocycles. The standard InChI is InChI=1S/C16H23NO4/c1-10-6-7-13(18)12(8-10)17-15(20)11(2)9-14(19)21-16(3,4)5/h6-8,11,18H,9H2,1-5H3,(H,17,20). The van der Waals surface area contributed by atoms with Crippen LogP contribution in [-0.4, -0.2) is 22.6 Å². The minimum Gasteiger partial charge on any atom is -0.506 e. The number of rotatable bonds is 4. The third-order valence-corrected chi connectivity index (χ3v) is 2.75. The molecule has 0 saturated heterocycles. The van der Waals surface area contributed by atoms with Gasteiger partial charge in [0, 0.05) is 5.92 Å². The number of hydrogen-bond donors (Lipinski definition) is 2. The lowest BCUT2D eigenvalue weighted by atomic mass is 10.1. The third-order valence-electron chi connectivity index (χ3n) is 2.75. The molecule has 0 aliphatic carbocycles. The van der Waals surface area contributed by atoms with E-state index in [1.807, 2.05) is 6.92 Å². The minimum absolute atomic E-state index is 0.00146. The van der Waals surface area contributed by atoms with Gasteiger partial charge in [-0.05, 0) is 45.4 Å². The number of ether oxygens (including phenoxy) is 1. The highest BCUT2D eigenvalue weighted by Gasteiger charge is 2.22. The maximum Gasteiger partial charge on any atom is 0.307 e. The van der Waals surface area contributed by atoms with Crippen LogP contribution in [0.2, 0.25) is 0 Å². The summed E-state index contributed by atoms with van der Waals surface area (Å²) in [5, 5.41) is 12.3. The molecule has 0 aliphatic rings. The molecular formula is C16H23NO4. The zero-order valence-corrected chi connectivity index (χ0v) is 13.2. The Balaban J connectivity index is 2.63. The first kappa shape index (κ1) is 17.0. The van der Waals surface area contributed by atoms with E-state index in [4.69, 9.17) is 4.74 Å². The maximum atomic E-state index is 12.0. The van der Waals surface area contributed by atoms with Crippen molar-refractivity contribution in [3.63, 3.8) is 0 Å². The number of aromatic hydroxyl groups is 1. The summed E-state index contributed by atoms with van der Waals surface area (Å²) in [6.45, 7) is 8.84. The van der Waals surface area contributed by atoms with Crippen LogP contribution >= 0.6 is 0 Å². The van der Waals surface area contributed by atoms with Gasteiger partial charge in [-0.1, -0.05) is 13.0 Å². The molecule has 116 valence electrons. The zero-order valence-electron chi connectivity index (χ0n) is 13.2. The molecule has 0 aromatic heterocycles. The molecule has 21 heavy (non-hydrogen) atoms. The fraction of sp³-hybridized carbons (Fsp3) is 0.500. The number of esters is 1. The van der Waals surface area contributed by atoms with Crippen molar-refractivity contribution in [1.29, 1.82) is 0 Å². The molecular weight excluding hydrogens is 270 g/mol. The van der Waals surface area contributed by atoms with Gasteiger partial charge in [0.25, 0.3) is 0 Å². The molecule has 0 fully saturated rings. The van der Waals surface area contributed by atoms with E-state index in [1.54, 1.807) is 39.8 Å². The summed E-state index contributed by atoms with van der Waals surface area (Å²) in [7, 11) is 0. The van der Waals surface area contributed by atoms with Gasteiger partial charge in [0.2, 0.25) is 5.91 Å². The fourth-order valence-electron chi connectivity index (χ4n) is 1.73. The van der Waals surface area contributed by atoms with Crippen LogP contribution in [0.3, 0.4) is 0 Å². The predicted octanol–water partition coefficient (Wildman–Crippen LogP) is 3.01. The van der Waals surface area contributed by atoms with Gasteiger partial charge in [-0.3, -0.25) is 9.59 Å². The Morgan fingerprint density at radius 3 is 2.52 bits per heavy atom. The number of nitrogens with one attached hydrogen (secondary N) is 1. The van der Waals surface area contributed by atoms with Crippen LogP contribution in [0, 0.1) is 12.8 Å². The van der Waals surface area contributed by atoms with Crippen LogP contribution in [0.25, 0.3) is 0 Å². The quantitative estimate of drug-likeness (QED) is 0.661. The number of aryl methyl sites for hydroxylation is 1. The van der Waals surface area contributed by atoms with Gasteiger partial charge in [0.1, 0.15) is 11.4 Å². The van der Waals surface area contributed by atoms with Gasteiger partial charge in [-0.15, -0.1) is 0 Å². The second kappa shape index (κ2) is 6.61. The van der Waals surface area contributed by atoms with Crippen LogP contribution < -0.4 is 5.32 Å². The number of benzene rings is 1. The SMILES string of the molecule is Cc1ccc(O)c(NC(=O)C(C)CC(=O)OC(C)(C)C)c1. The largest absolute Gasteiger partial charge is 0.506 e. The Kier molecular flexibility index (Phi) is 5.35. The Labute approximate surface area is 125 Å². The summed E-state index contributed by atoms with van der Waals surface area (Å²) in [5.41, 5.74) is 0.696. The van der Waals surface area contributed by atoms with Gasteiger partial charge < -0.3 is 15.2 Å². The number of carbonyl (C=O) groups excluding carboxylic acids is 2. The predicted molar refractivity (Wildman–Crippen MR) is 81.1 cm³/mol. The maximum absolute atomic E-state index is 12.0. The Morgan fingerprint density at radius 2 is 1.95 bits per heavy atom. The summed E-state index contributed by atoms with van der Waals surface area (Å²) in [5.74, 6) is -1.29. The van der Waals surface area contributed by atoms with Gasteiger partial charge in [0.05, 0.1) is 12.1 Å². The number of amides is 1. The van der Waals surface area contributed by atoms with Gasteiger partial charge in [0.15, 0.2) is 0 Å².